The average Bonchev–Trinajstić information content (AvgIpc) is 3.19. The molecule has 1 N–H and O–H groups in total. The van der Waals surface area contributed by atoms with Crippen molar-refractivity contribution in [3.8, 4) is 0 Å². The first-order valence-corrected chi connectivity index (χ1v) is 8.35. The van der Waals surface area contributed by atoms with E-state index in [1.807, 2.05) is 12.3 Å². The third kappa shape index (κ3) is 2.92. The van der Waals surface area contributed by atoms with Crippen molar-refractivity contribution in [2.45, 2.75) is 37.7 Å². The summed E-state index contributed by atoms with van der Waals surface area (Å²) in [5.74, 6) is 0. The van der Waals surface area contributed by atoms with Crippen LogP contribution in [0.3, 0.4) is 0 Å². The first-order valence-electron chi connectivity index (χ1n) is 8.35. The molecular weight excluding hydrogens is 290 g/mol. The standard InChI is InChI=1S/C18H23N3O2/c22-16(13-21-9-3-8-19-21)12-20-10-6-18(7-11-20)17-5-2-1-4-15(17)14-23-18/h1-5,8-9,16,22H,6-7,10-14H2. The molecule has 0 aliphatic carbocycles. The minimum atomic E-state index is -0.388. The summed E-state index contributed by atoms with van der Waals surface area (Å²) < 4.78 is 7.97. The number of nitrogens with zero attached hydrogens (tertiary/aromatic N) is 3. The van der Waals surface area contributed by atoms with Gasteiger partial charge in [-0.05, 0) is 30.0 Å². The second kappa shape index (κ2) is 6.07. The molecule has 1 fully saturated rings. The van der Waals surface area contributed by atoms with E-state index in [4.69, 9.17) is 4.74 Å². The molecule has 0 radical (unpaired) electrons. The Kier molecular flexibility index (Phi) is 3.93. The molecule has 4 rings (SSSR count). The van der Waals surface area contributed by atoms with Gasteiger partial charge in [0.2, 0.25) is 0 Å². The number of fused-ring (bicyclic) bond motifs is 2. The number of hydrogen-bond acceptors (Lipinski definition) is 4. The Morgan fingerprint density at radius 2 is 2.00 bits per heavy atom. The molecule has 23 heavy (non-hydrogen) atoms. The fourth-order valence-electron chi connectivity index (χ4n) is 3.87. The van der Waals surface area contributed by atoms with Gasteiger partial charge in [0.05, 0.1) is 24.9 Å². The van der Waals surface area contributed by atoms with Gasteiger partial charge in [-0.15, -0.1) is 0 Å². The van der Waals surface area contributed by atoms with E-state index in [0.29, 0.717) is 13.1 Å². The van der Waals surface area contributed by atoms with Crippen molar-refractivity contribution in [1.82, 2.24) is 14.7 Å². The molecule has 2 aliphatic heterocycles. The van der Waals surface area contributed by atoms with Crippen LogP contribution >= 0.6 is 0 Å². The lowest BCUT2D eigenvalue weighted by Gasteiger charge is -2.39. The van der Waals surface area contributed by atoms with E-state index in [0.717, 1.165) is 32.5 Å². The summed E-state index contributed by atoms with van der Waals surface area (Å²) in [6.45, 7) is 3.90. The molecule has 0 bridgehead atoms. The average molecular weight is 313 g/mol. The maximum Gasteiger partial charge on any atom is 0.0963 e. The first-order chi connectivity index (χ1) is 11.3. The van der Waals surface area contributed by atoms with E-state index in [1.165, 1.54) is 11.1 Å². The second-order valence-electron chi connectivity index (χ2n) is 6.62. The summed E-state index contributed by atoms with van der Waals surface area (Å²) in [5.41, 5.74) is 2.61. The lowest BCUT2D eigenvalue weighted by Crippen LogP contribution is -2.45. The lowest BCUT2D eigenvalue weighted by atomic mass is 9.84. The Labute approximate surface area is 136 Å². The van der Waals surface area contributed by atoms with Gasteiger partial charge < -0.3 is 14.7 Å². The molecule has 1 aromatic heterocycles. The molecule has 1 atom stereocenters. The van der Waals surface area contributed by atoms with Crippen LogP contribution in [-0.2, 0) is 23.5 Å². The third-order valence-corrected chi connectivity index (χ3v) is 5.10. The smallest absolute Gasteiger partial charge is 0.0963 e. The summed E-state index contributed by atoms with van der Waals surface area (Å²) in [7, 11) is 0. The van der Waals surface area contributed by atoms with Crippen LogP contribution in [0.15, 0.2) is 42.7 Å². The Bertz CT molecular complexity index is 648. The van der Waals surface area contributed by atoms with Gasteiger partial charge in [-0.3, -0.25) is 4.68 Å². The molecule has 5 heteroatoms. The molecule has 122 valence electrons. The number of aromatic nitrogens is 2. The van der Waals surface area contributed by atoms with Gasteiger partial charge in [0, 0.05) is 32.0 Å². The molecule has 5 nitrogen and oxygen atoms in total. The van der Waals surface area contributed by atoms with E-state index in [1.54, 1.807) is 10.9 Å². The van der Waals surface area contributed by atoms with E-state index < -0.39 is 0 Å². The predicted octanol–water partition coefficient (Wildman–Crippen LogP) is 1.77. The zero-order valence-corrected chi connectivity index (χ0v) is 13.3. The van der Waals surface area contributed by atoms with Crippen molar-refractivity contribution in [3.05, 3.63) is 53.9 Å². The molecule has 1 unspecified atom stereocenters. The zero-order chi connectivity index (χ0) is 15.7. The Hall–Kier alpha value is -1.69. The highest BCUT2D eigenvalue weighted by molar-refractivity contribution is 5.35. The van der Waals surface area contributed by atoms with Crippen molar-refractivity contribution >= 4 is 0 Å². The van der Waals surface area contributed by atoms with Gasteiger partial charge in [0.25, 0.3) is 0 Å². The molecule has 2 aromatic rings. The second-order valence-corrected chi connectivity index (χ2v) is 6.62. The van der Waals surface area contributed by atoms with Crippen molar-refractivity contribution < 1.29 is 9.84 Å². The molecule has 1 saturated heterocycles. The van der Waals surface area contributed by atoms with Gasteiger partial charge in [-0.1, -0.05) is 24.3 Å². The number of β-amino-alcohol motifs (C(OH)–C–C–N with tert-alkyl or cyclic N) is 1. The minimum Gasteiger partial charge on any atom is -0.390 e. The zero-order valence-electron chi connectivity index (χ0n) is 13.3. The number of piperidine rings is 1. The van der Waals surface area contributed by atoms with Crippen molar-refractivity contribution in [2.24, 2.45) is 0 Å². The van der Waals surface area contributed by atoms with Gasteiger partial charge >= 0.3 is 0 Å². The summed E-state index contributed by atoms with van der Waals surface area (Å²) in [5, 5.41) is 14.4. The van der Waals surface area contributed by atoms with E-state index in [9.17, 15) is 5.11 Å². The Morgan fingerprint density at radius 3 is 2.78 bits per heavy atom. The van der Waals surface area contributed by atoms with Crippen molar-refractivity contribution in [2.75, 3.05) is 19.6 Å². The maximum atomic E-state index is 10.3. The highest BCUT2D eigenvalue weighted by Gasteiger charge is 2.42. The number of benzene rings is 1. The van der Waals surface area contributed by atoms with Crippen LogP contribution in [0.4, 0.5) is 0 Å². The number of aliphatic hydroxyl groups excluding tert-OH is 1. The number of aliphatic hydroxyl groups is 1. The topological polar surface area (TPSA) is 50.5 Å². The largest absolute Gasteiger partial charge is 0.390 e. The number of ether oxygens (including phenoxy) is 1. The number of rotatable bonds is 4. The molecule has 1 aromatic carbocycles. The van der Waals surface area contributed by atoms with Crippen LogP contribution in [0.1, 0.15) is 24.0 Å². The van der Waals surface area contributed by atoms with Gasteiger partial charge in [-0.25, -0.2) is 0 Å². The number of hydrogen-bond donors (Lipinski definition) is 1. The van der Waals surface area contributed by atoms with Gasteiger partial charge in [0.1, 0.15) is 0 Å². The SMILES string of the molecule is OC(CN1CCC2(CC1)OCc1ccccc12)Cn1cccn1. The van der Waals surface area contributed by atoms with Crippen LogP contribution in [0.25, 0.3) is 0 Å². The summed E-state index contributed by atoms with van der Waals surface area (Å²) >= 11 is 0. The number of likely N-dealkylation sites (tertiary alicyclic amines) is 1. The lowest BCUT2D eigenvalue weighted by molar-refractivity contribution is -0.0830. The van der Waals surface area contributed by atoms with Crippen LogP contribution in [0, 0.1) is 0 Å². The summed E-state index contributed by atoms with van der Waals surface area (Å²) in [6.07, 6.45) is 5.24. The van der Waals surface area contributed by atoms with Crippen LogP contribution in [0.2, 0.25) is 0 Å². The third-order valence-electron chi connectivity index (χ3n) is 5.10. The quantitative estimate of drug-likeness (QED) is 0.934. The Morgan fingerprint density at radius 1 is 1.17 bits per heavy atom. The Balaban J connectivity index is 1.35. The molecule has 0 amide bonds. The van der Waals surface area contributed by atoms with Crippen molar-refractivity contribution in [3.63, 3.8) is 0 Å². The molecule has 0 saturated carbocycles. The molecule has 1 spiro atoms. The van der Waals surface area contributed by atoms with E-state index in [-0.39, 0.29) is 11.7 Å². The predicted molar refractivity (Wildman–Crippen MR) is 86.8 cm³/mol. The van der Waals surface area contributed by atoms with Gasteiger partial charge in [0.15, 0.2) is 0 Å². The summed E-state index contributed by atoms with van der Waals surface area (Å²) in [6, 6.07) is 10.5. The normalized spacial score (nSPS) is 21.4. The molecule has 3 heterocycles. The summed E-state index contributed by atoms with van der Waals surface area (Å²) in [4.78, 5) is 2.34. The minimum absolute atomic E-state index is 0.0972. The highest BCUT2D eigenvalue weighted by atomic mass is 16.5. The first kappa shape index (κ1) is 14.9. The van der Waals surface area contributed by atoms with Crippen LogP contribution in [-0.4, -0.2) is 45.5 Å². The van der Waals surface area contributed by atoms with Crippen LogP contribution in [0.5, 0.6) is 0 Å². The van der Waals surface area contributed by atoms with E-state index >= 15 is 0 Å². The molecule has 2 aliphatic rings. The van der Waals surface area contributed by atoms with E-state index in [2.05, 4.69) is 34.3 Å². The van der Waals surface area contributed by atoms with Crippen molar-refractivity contribution in [1.29, 1.82) is 0 Å². The fourth-order valence-corrected chi connectivity index (χ4v) is 3.87. The van der Waals surface area contributed by atoms with Gasteiger partial charge in [-0.2, -0.15) is 5.10 Å². The monoisotopic (exact) mass is 313 g/mol. The maximum absolute atomic E-state index is 10.3. The highest BCUT2D eigenvalue weighted by Crippen LogP contribution is 2.43. The molecular formula is C18H23N3O2. The van der Waals surface area contributed by atoms with Crippen LogP contribution < -0.4 is 0 Å². The fraction of sp³-hybridized carbons (Fsp3) is 0.500.